The summed E-state index contributed by atoms with van der Waals surface area (Å²) in [5.74, 6) is 1.17. The number of aromatic nitrogens is 3. The Morgan fingerprint density at radius 3 is 3.21 bits per heavy atom. The zero-order chi connectivity index (χ0) is 13.1. The molecule has 19 heavy (non-hydrogen) atoms. The van der Waals surface area contributed by atoms with Crippen LogP contribution in [0.1, 0.15) is 24.0 Å². The number of thiazole rings is 1. The minimum absolute atomic E-state index is 0.933. The molecule has 0 unspecified atom stereocenters. The van der Waals surface area contributed by atoms with Gasteiger partial charge >= 0.3 is 0 Å². The van der Waals surface area contributed by atoms with E-state index in [0.29, 0.717) is 0 Å². The predicted octanol–water partition coefficient (Wildman–Crippen LogP) is 2.18. The minimum atomic E-state index is 0.933. The number of imidazole rings is 1. The largest absolute Gasteiger partial charge is 0.362 e. The van der Waals surface area contributed by atoms with Crippen LogP contribution in [0.3, 0.4) is 0 Å². The van der Waals surface area contributed by atoms with Crippen molar-refractivity contribution in [2.45, 2.75) is 33.0 Å². The van der Waals surface area contributed by atoms with Crippen molar-refractivity contribution in [1.82, 2.24) is 19.4 Å². The van der Waals surface area contributed by atoms with Gasteiger partial charge in [-0.25, -0.2) is 9.97 Å². The Kier molecular flexibility index (Phi) is 3.79. The molecule has 0 aliphatic carbocycles. The van der Waals surface area contributed by atoms with Crippen LogP contribution in [0.25, 0.3) is 0 Å². The average molecular weight is 277 g/mol. The van der Waals surface area contributed by atoms with Crippen LogP contribution in [0.4, 0.5) is 5.13 Å². The topological polar surface area (TPSA) is 46.0 Å². The fourth-order valence-corrected chi connectivity index (χ4v) is 3.15. The Morgan fingerprint density at radius 2 is 2.32 bits per heavy atom. The Hall–Kier alpha value is -1.40. The molecule has 0 bridgehead atoms. The van der Waals surface area contributed by atoms with E-state index in [1.807, 2.05) is 12.4 Å². The van der Waals surface area contributed by atoms with Gasteiger partial charge in [0.15, 0.2) is 5.13 Å². The standard InChI is InChI=1S/C13H19N5S/c1-2-3-15-13-16-8-11(19-13)9-17-6-7-18-5-4-14-12(18)10-17/h4-5,8H,2-3,6-7,9-10H2,1H3,(H,15,16). The first-order chi connectivity index (χ1) is 9.35. The molecule has 3 heterocycles. The number of hydrogen-bond acceptors (Lipinski definition) is 5. The van der Waals surface area contributed by atoms with Gasteiger partial charge in [0, 0.05) is 49.6 Å². The van der Waals surface area contributed by atoms with Gasteiger partial charge in [0.25, 0.3) is 0 Å². The number of nitrogens with zero attached hydrogens (tertiary/aromatic N) is 4. The van der Waals surface area contributed by atoms with Gasteiger partial charge in [-0.05, 0) is 6.42 Å². The number of anilines is 1. The summed E-state index contributed by atoms with van der Waals surface area (Å²) < 4.78 is 2.23. The number of hydrogen-bond donors (Lipinski definition) is 1. The van der Waals surface area contributed by atoms with Crippen LogP contribution < -0.4 is 5.32 Å². The van der Waals surface area contributed by atoms with Crippen LogP contribution in [-0.4, -0.2) is 32.5 Å². The lowest BCUT2D eigenvalue weighted by Crippen LogP contribution is -2.32. The maximum absolute atomic E-state index is 4.41. The monoisotopic (exact) mass is 277 g/mol. The van der Waals surface area contributed by atoms with Crippen molar-refractivity contribution < 1.29 is 0 Å². The van der Waals surface area contributed by atoms with Crippen molar-refractivity contribution in [3.05, 3.63) is 29.3 Å². The van der Waals surface area contributed by atoms with Gasteiger partial charge in [0.1, 0.15) is 5.82 Å². The lowest BCUT2D eigenvalue weighted by Gasteiger charge is -2.26. The first-order valence-corrected chi connectivity index (χ1v) is 7.57. The smallest absolute Gasteiger partial charge is 0.182 e. The Bertz CT molecular complexity index is 533. The molecule has 102 valence electrons. The zero-order valence-electron chi connectivity index (χ0n) is 11.2. The highest BCUT2D eigenvalue weighted by Crippen LogP contribution is 2.21. The quantitative estimate of drug-likeness (QED) is 0.910. The number of rotatable bonds is 5. The summed E-state index contributed by atoms with van der Waals surface area (Å²) in [5.41, 5.74) is 0. The summed E-state index contributed by atoms with van der Waals surface area (Å²) in [6.07, 6.45) is 7.07. The lowest BCUT2D eigenvalue weighted by molar-refractivity contribution is 0.210. The summed E-state index contributed by atoms with van der Waals surface area (Å²) in [6, 6.07) is 0. The molecule has 0 radical (unpaired) electrons. The molecule has 0 atom stereocenters. The molecule has 1 aliphatic heterocycles. The number of nitrogens with one attached hydrogen (secondary N) is 1. The van der Waals surface area contributed by atoms with Gasteiger partial charge in [-0.2, -0.15) is 0 Å². The zero-order valence-corrected chi connectivity index (χ0v) is 12.0. The van der Waals surface area contributed by atoms with Crippen molar-refractivity contribution in [2.75, 3.05) is 18.4 Å². The average Bonchev–Trinajstić information content (AvgIpc) is 3.05. The third-order valence-corrected chi connectivity index (χ3v) is 4.22. The molecule has 0 fully saturated rings. The normalized spacial score (nSPS) is 15.4. The van der Waals surface area contributed by atoms with Crippen molar-refractivity contribution in [2.24, 2.45) is 0 Å². The van der Waals surface area contributed by atoms with Crippen LogP contribution in [0.2, 0.25) is 0 Å². The maximum atomic E-state index is 4.41. The molecule has 5 nitrogen and oxygen atoms in total. The Morgan fingerprint density at radius 1 is 1.37 bits per heavy atom. The van der Waals surface area contributed by atoms with Gasteiger partial charge < -0.3 is 9.88 Å². The molecule has 0 aromatic carbocycles. The third kappa shape index (κ3) is 2.96. The van der Waals surface area contributed by atoms with Crippen LogP contribution in [-0.2, 0) is 19.6 Å². The molecule has 2 aromatic rings. The van der Waals surface area contributed by atoms with Crippen molar-refractivity contribution in [1.29, 1.82) is 0 Å². The number of fused-ring (bicyclic) bond motifs is 1. The molecular formula is C13H19N5S. The second-order valence-electron chi connectivity index (χ2n) is 4.81. The highest BCUT2D eigenvalue weighted by molar-refractivity contribution is 7.15. The van der Waals surface area contributed by atoms with E-state index in [4.69, 9.17) is 0 Å². The molecule has 1 N–H and O–H groups in total. The van der Waals surface area contributed by atoms with Gasteiger partial charge in [0.2, 0.25) is 0 Å². The van der Waals surface area contributed by atoms with E-state index in [2.05, 4.69) is 37.9 Å². The summed E-state index contributed by atoms with van der Waals surface area (Å²) in [6.45, 7) is 7.18. The summed E-state index contributed by atoms with van der Waals surface area (Å²) in [7, 11) is 0. The van der Waals surface area contributed by atoms with Crippen LogP contribution >= 0.6 is 11.3 Å². The van der Waals surface area contributed by atoms with Gasteiger partial charge in [-0.3, -0.25) is 4.90 Å². The van der Waals surface area contributed by atoms with Gasteiger partial charge in [-0.1, -0.05) is 6.92 Å². The van der Waals surface area contributed by atoms with E-state index in [-0.39, 0.29) is 0 Å². The van der Waals surface area contributed by atoms with Crippen LogP contribution in [0, 0.1) is 0 Å². The molecule has 3 rings (SSSR count). The van der Waals surface area contributed by atoms with E-state index in [1.165, 1.54) is 10.7 Å². The van der Waals surface area contributed by atoms with Crippen molar-refractivity contribution in [3.8, 4) is 0 Å². The Balaban J connectivity index is 1.58. The molecule has 0 amide bonds. The highest BCUT2D eigenvalue weighted by atomic mass is 32.1. The van der Waals surface area contributed by atoms with Crippen LogP contribution in [0.15, 0.2) is 18.6 Å². The minimum Gasteiger partial charge on any atom is -0.362 e. The third-order valence-electron chi connectivity index (χ3n) is 3.28. The van der Waals surface area contributed by atoms with E-state index >= 15 is 0 Å². The van der Waals surface area contributed by atoms with E-state index in [9.17, 15) is 0 Å². The van der Waals surface area contributed by atoms with E-state index in [0.717, 1.165) is 44.3 Å². The summed E-state index contributed by atoms with van der Waals surface area (Å²) in [5, 5.41) is 4.37. The summed E-state index contributed by atoms with van der Waals surface area (Å²) >= 11 is 1.76. The lowest BCUT2D eigenvalue weighted by atomic mass is 10.3. The molecule has 0 spiro atoms. The SMILES string of the molecule is CCCNc1ncc(CN2CCn3ccnc3C2)s1. The van der Waals surface area contributed by atoms with Gasteiger partial charge in [0.05, 0.1) is 6.54 Å². The maximum Gasteiger partial charge on any atom is 0.182 e. The highest BCUT2D eigenvalue weighted by Gasteiger charge is 2.17. The molecule has 2 aromatic heterocycles. The first-order valence-electron chi connectivity index (χ1n) is 6.76. The van der Waals surface area contributed by atoms with Crippen molar-refractivity contribution in [3.63, 3.8) is 0 Å². The molecule has 6 heteroatoms. The fourth-order valence-electron chi connectivity index (χ4n) is 2.27. The molecule has 0 saturated carbocycles. The summed E-state index contributed by atoms with van der Waals surface area (Å²) in [4.78, 5) is 12.6. The van der Waals surface area contributed by atoms with Gasteiger partial charge in [-0.15, -0.1) is 11.3 Å². The van der Waals surface area contributed by atoms with E-state index < -0.39 is 0 Å². The molecule has 1 aliphatic rings. The van der Waals surface area contributed by atoms with Crippen molar-refractivity contribution >= 4 is 16.5 Å². The Labute approximate surface area is 117 Å². The first kappa shape index (κ1) is 12.6. The second-order valence-corrected chi connectivity index (χ2v) is 5.92. The van der Waals surface area contributed by atoms with E-state index in [1.54, 1.807) is 11.3 Å². The predicted molar refractivity (Wildman–Crippen MR) is 77.2 cm³/mol. The molecular weight excluding hydrogens is 258 g/mol. The molecule has 0 saturated heterocycles. The fraction of sp³-hybridized carbons (Fsp3) is 0.538. The second kappa shape index (κ2) is 5.71. The van der Waals surface area contributed by atoms with Crippen LogP contribution in [0.5, 0.6) is 0 Å².